The fraction of sp³-hybridized carbons (Fsp3) is 0.0909. The Morgan fingerprint density at radius 3 is 2.61 bits per heavy atom. The molecule has 0 bridgehead atoms. The van der Waals surface area contributed by atoms with Crippen molar-refractivity contribution < 1.29 is 4.79 Å². The third-order valence-electron chi connectivity index (χ3n) is 2.08. The van der Waals surface area contributed by atoms with Gasteiger partial charge in [0.05, 0.1) is 12.2 Å². The van der Waals surface area contributed by atoms with E-state index in [9.17, 15) is 4.79 Å². The Kier molecular flexibility index (Phi) is 4.07. The minimum absolute atomic E-state index is 0.173. The quantitative estimate of drug-likeness (QED) is 0.876. The summed E-state index contributed by atoms with van der Waals surface area (Å²) in [5.74, 6) is -0.299. The molecule has 0 radical (unpaired) electrons. The van der Waals surface area contributed by atoms with Crippen LogP contribution in [0.4, 0.5) is 0 Å². The molecule has 2 aromatic rings. The standard InChI is InChI=1S/C11H8Cl2N4O/c12-9-4-7(5-10(13)16-9)11(18)14-6-8-2-1-3-15-17-8/h1-5H,6H2,(H,14,18). The molecule has 1 amide bonds. The average Bonchev–Trinajstić information content (AvgIpc) is 2.36. The van der Waals surface area contributed by atoms with Crippen LogP contribution in [-0.2, 0) is 6.54 Å². The number of rotatable bonds is 3. The molecule has 2 heterocycles. The number of pyridine rings is 1. The van der Waals surface area contributed by atoms with Crippen LogP contribution in [-0.4, -0.2) is 21.1 Å². The van der Waals surface area contributed by atoms with Gasteiger partial charge in [-0.1, -0.05) is 23.2 Å². The molecule has 1 N–H and O–H groups in total. The van der Waals surface area contributed by atoms with Crippen molar-refractivity contribution in [3.63, 3.8) is 0 Å². The van der Waals surface area contributed by atoms with E-state index in [1.807, 2.05) is 0 Å². The molecule has 18 heavy (non-hydrogen) atoms. The van der Waals surface area contributed by atoms with Crippen LogP contribution in [0.15, 0.2) is 30.5 Å². The highest BCUT2D eigenvalue weighted by Crippen LogP contribution is 2.14. The maximum Gasteiger partial charge on any atom is 0.251 e. The normalized spacial score (nSPS) is 10.1. The van der Waals surface area contributed by atoms with Crippen molar-refractivity contribution in [2.24, 2.45) is 0 Å². The summed E-state index contributed by atoms with van der Waals surface area (Å²) in [7, 11) is 0. The SMILES string of the molecule is O=C(NCc1cccnn1)c1cc(Cl)nc(Cl)c1. The second-order valence-corrected chi connectivity index (χ2v) is 4.17. The predicted molar refractivity (Wildman–Crippen MR) is 67.5 cm³/mol. The molecule has 0 aliphatic carbocycles. The summed E-state index contributed by atoms with van der Waals surface area (Å²) in [6, 6.07) is 6.40. The van der Waals surface area contributed by atoms with Crippen LogP contribution in [0.2, 0.25) is 10.3 Å². The van der Waals surface area contributed by atoms with Gasteiger partial charge in [-0.2, -0.15) is 10.2 Å². The lowest BCUT2D eigenvalue weighted by Gasteiger charge is -2.04. The lowest BCUT2D eigenvalue weighted by atomic mass is 10.2. The van der Waals surface area contributed by atoms with Gasteiger partial charge in [-0.15, -0.1) is 0 Å². The maximum absolute atomic E-state index is 11.8. The highest BCUT2D eigenvalue weighted by Gasteiger charge is 2.08. The fourth-order valence-corrected chi connectivity index (χ4v) is 1.76. The van der Waals surface area contributed by atoms with Gasteiger partial charge in [0, 0.05) is 11.8 Å². The van der Waals surface area contributed by atoms with E-state index < -0.39 is 0 Å². The molecule has 0 atom stereocenters. The van der Waals surface area contributed by atoms with E-state index in [0.29, 0.717) is 11.3 Å². The maximum atomic E-state index is 11.8. The zero-order valence-electron chi connectivity index (χ0n) is 9.10. The van der Waals surface area contributed by atoms with Crippen molar-refractivity contribution in [3.8, 4) is 0 Å². The molecule has 0 saturated heterocycles. The molecule has 0 fully saturated rings. The van der Waals surface area contributed by atoms with Crippen molar-refractivity contribution in [1.82, 2.24) is 20.5 Å². The molecule has 0 spiro atoms. The molecule has 0 aliphatic heterocycles. The molecule has 5 nitrogen and oxygen atoms in total. The second-order valence-electron chi connectivity index (χ2n) is 3.40. The lowest BCUT2D eigenvalue weighted by Crippen LogP contribution is -2.23. The fourth-order valence-electron chi connectivity index (χ4n) is 1.30. The van der Waals surface area contributed by atoms with Crippen LogP contribution in [0.5, 0.6) is 0 Å². The van der Waals surface area contributed by atoms with Crippen LogP contribution >= 0.6 is 23.2 Å². The molecule has 0 aliphatic rings. The summed E-state index contributed by atoms with van der Waals surface area (Å²) in [5.41, 5.74) is 1.01. The average molecular weight is 283 g/mol. The number of hydrogen-bond donors (Lipinski definition) is 1. The summed E-state index contributed by atoms with van der Waals surface area (Å²) in [6.45, 7) is 0.282. The molecule has 92 valence electrons. The number of aromatic nitrogens is 3. The van der Waals surface area contributed by atoms with Crippen molar-refractivity contribution in [3.05, 3.63) is 52.0 Å². The molecular weight excluding hydrogens is 275 g/mol. The van der Waals surface area contributed by atoms with E-state index >= 15 is 0 Å². The minimum atomic E-state index is -0.299. The first-order valence-corrected chi connectivity index (χ1v) is 5.78. The van der Waals surface area contributed by atoms with Crippen LogP contribution in [0.1, 0.15) is 16.1 Å². The largest absolute Gasteiger partial charge is 0.346 e. The number of nitrogens with zero attached hydrogens (tertiary/aromatic N) is 3. The van der Waals surface area contributed by atoms with Gasteiger partial charge in [0.25, 0.3) is 5.91 Å². The van der Waals surface area contributed by atoms with Crippen LogP contribution in [0.25, 0.3) is 0 Å². The van der Waals surface area contributed by atoms with Crippen molar-refractivity contribution in [2.75, 3.05) is 0 Å². The topological polar surface area (TPSA) is 67.8 Å². The predicted octanol–water partition coefficient (Wildman–Crippen LogP) is 2.11. The highest BCUT2D eigenvalue weighted by atomic mass is 35.5. The second kappa shape index (κ2) is 5.75. The Bertz CT molecular complexity index is 542. The minimum Gasteiger partial charge on any atom is -0.346 e. The van der Waals surface area contributed by atoms with Crippen LogP contribution in [0, 0.1) is 0 Å². The van der Waals surface area contributed by atoms with Gasteiger partial charge in [0.1, 0.15) is 10.3 Å². The van der Waals surface area contributed by atoms with Gasteiger partial charge >= 0.3 is 0 Å². The van der Waals surface area contributed by atoms with Crippen LogP contribution < -0.4 is 5.32 Å². The van der Waals surface area contributed by atoms with Gasteiger partial charge in [-0.05, 0) is 24.3 Å². The van der Waals surface area contributed by atoms with E-state index in [2.05, 4.69) is 20.5 Å². The number of nitrogens with one attached hydrogen (secondary N) is 1. The first kappa shape index (κ1) is 12.7. The number of carbonyl (C=O) groups is 1. The van der Waals surface area contributed by atoms with Crippen molar-refractivity contribution >= 4 is 29.1 Å². The summed E-state index contributed by atoms with van der Waals surface area (Å²) in [6.07, 6.45) is 1.56. The monoisotopic (exact) mass is 282 g/mol. The number of hydrogen-bond acceptors (Lipinski definition) is 4. The molecule has 0 saturated carbocycles. The third-order valence-corrected chi connectivity index (χ3v) is 2.47. The zero-order valence-corrected chi connectivity index (χ0v) is 10.6. The first-order chi connectivity index (χ1) is 8.65. The van der Waals surface area contributed by atoms with E-state index in [1.165, 1.54) is 12.1 Å². The lowest BCUT2D eigenvalue weighted by molar-refractivity contribution is 0.0950. The Morgan fingerprint density at radius 1 is 1.28 bits per heavy atom. The summed E-state index contributed by atoms with van der Waals surface area (Å²) in [4.78, 5) is 15.6. The number of amides is 1. The highest BCUT2D eigenvalue weighted by molar-refractivity contribution is 6.33. The van der Waals surface area contributed by atoms with E-state index in [1.54, 1.807) is 18.3 Å². The Labute approximate surface area is 113 Å². The van der Waals surface area contributed by atoms with E-state index in [0.717, 1.165) is 0 Å². The molecule has 2 rings (SSSR count). The van der Waals surface area contributed by atoms with Gasteiger partial charge in [-0.25, -0.2) is 4.98 Å². The van der Waals surface area contributed by atoms with E-state index in [-0.39, 0.29) is 22.8 Å². The summed E-state index contributed by atoms with van der Waals surface area (Å²) < 4.78 is 0. The molecular formula is C11H8Cl2N4O. The zero-order chi connectivity index (χ0) is 13.0. The molecule has 0 aromatic carbocycles. The first-order valence-electron chi connectivity index (χ1n) is 5.03. The summed E-state index contributed by atoms with van der Waals surface area (Å²) >= 11 is 11.4. The smallest absolute Gasteiger partial charge is 0.251 e. The Hall–Kier alpha value is -1.72. The van der Waals surface area contributed by atoms with Gasteiger partial charge in [0.2, 0.25) is 0 Å². The summed E-state index contributed by atoms with van der Waals surface area (Å²) in [5, 5.41) is 10.6. The third kappa shape index (κ3) is 3.38. The van der Waals surface area contributed by atoms with Crippen molar-refractivity contribution in [1.29, 1.82) is 0 Å². The molecule has 0 unspecified atom stereocenters. The molecule has 2 aromatic heterocycles. The Balaban J connectivity index is 2.04. The molecule has 7 heteroatoms. The number of carbonyl (C=O) groups excluding carboxylic acids is 1. The van der Waals surface area contributed by atoms with E-state index in [4.69, 9.17) is 23.2 Å². The Morgan fingerprint density at radius 2 is 2.00 bits per heavy atom. The number of halogens is 2. The van der Waals surface area contributed by atoms with Crippen LogP contribution in [0.3, 0.4) is 0 Å². The van der Waals surface area contributed by atoms with Crippen molar-refractivity contribution in [2.45, 2.75) is 6.54 Å². The van der Waals surface area contributed by atoms with Gasteiger partial charge < -0.3 is 5.32 Å². The van der Waals surface area contributed by atoms with Gasteiger partial charge in [0.15, 0.2) is 0 Å². The van der Waals surface area contributed by atoms with Gasteiger partial charge in [-0.3, -0.25) is 4.79 Å².